The van der Waals surface area contributed by atoms with Gasteiger partial charge in [-0.15, -0.1) is 11.3 Å². The van der Waals surface area contributed by atoms with E-state index in [4.69, 9.17) is 5.11 Å². The van der Waals surface area contributed by atoms with Gasteiger partial charge in [0.1, 0.15) is 5.71 Å². The maximum Gasteiger partial charge on any atom is 0.351 e. The normalized spacial score (nSPS) is 11.4. The average molecular weight is 275 g/mol. The summed E-state index contributed by atoms with van der Waals surface area (Å²) in [4.78, 5) is 14.9. The highest BCUT2D eigenvalue weighted by molar-refractivity contribution is 7.14. The van der Waals surface area contributed by atoms with Crippen LogP contribution in [0.15, 0.2) is 34.7 Å². The topological polar surface area (TPSA) is 74.6 Å². The molecule has 0 unspecified atom stereocenters. The smallest absolute Gasteiger partial charge is 0.351 e. The number of hydrogen-bond donors (Lipinski definition) is 2. The molecule has 0 saturated carbocycles. The van der Waals surface area contributed by atoms with Gasteiger partial charge in [-0.3, -0.25) is 5.43 Å². The fourth-order valence-corrected chi connectivity index (χ4v) is 2.02. The number of anilines is 1. The predicted octanol–water partition coefficient (Wildman–Crippen LogP) is 2.99. The summed E-state index contributed by atoms with van der Waals surface area (Å²) in [5, 5.41) is 14.9. The lowest BCUT2D eigenvalue weighted by atomic mass is 10.1. The molecular weight excluding hydrogens is 262 g/mol. The van der Waals surface area contributed by atoms with E-state index in [1.54, 1.807) is 0 Å². The summed E-state index contributed by atoms with van der Waals surface area (Å²) < 4.78 is 0. The molecule has 19 heavy (non-hydrogen) atoms. The number of carbonyl (C=O) groups is 1. The van der Waals surface area contributed by atoms with Gasteiger partial charge in [-0.1, -0.05) is 29.8 Å². The number of thiazole rings is 1. The molecule has 0 fully saturated rings. The highest BCUT2D eigenvalue weighted by Gasteiger charge is 2.05. The third kappa shape index (κ3) is 3.38. The van der Waals surface area contributed by atoms with Crippen molar-refractivity contribution >= 4 is 28.1 Å². The molecule has 1 aromatic heterocycles. The predicted molar refractivity (Wildman–Crippen MR) is 76.7 cm³/mol. The van der Waals surface area contributed by atoms with Gasteiger partial charge in [0.2, 0.25) is 5.13 Å². The second-order valence-corrected chi connectivity index (χ2v) is 4.88. The van der Waals surface area contributed by atoms with Crippen molar-refractivity contribution in [3.63, 3.8) is 0 Å². The number of aromatic nitrogens is 1. The van der Waals surface area contributed by atoms with E-state index in [0.29, 0.717) is 5.13 Å². The molecule has 0 aliphatic heterocycles. The Morgan fingerprint density at radius 1 is 1.37 bits per heavy atom. The minimum Gasteiger partial charge on any atom is -0.477 e. The maximum absolute atomic E-state index is 10.6. The molecule has 5 nitrogen and oxygen atoms in total. The largest absolute Gasteiger partial charge is 0.477 e. The fraction of sp³-hybridized carbons (Fsp3) is 0.154. The van der Waals surface area contributed by atoms with E-state index in [0.717, 1.165) is 11.3 Å². The van der Waals surface area contributed by atoms with Crippen LogP contribution >= 0.6 is 11.3 Å². The molecule has 0 saturated heterocycles. The number of carboxylic acids is 1. The molecule has 1 aromatic carbocycles. The molecule has 6 heteroatoms. The van der Waals surface area contributed by atoms with Gasteiger partial charge in [-0.25, -0.2) is 9.78 Å². The van der Waals surface area contributed by atoms with Crippen LogP contribution < -0.4 is 5.43 Å². The zero-order chi connectivity index (χ0) is 13.8. The highest BCUT2D eigenvalue weighted by atomic mass is 32.1. The van der Waals surface area contributed by atoms with Gasteiger partial charge in [0, 0.05) is 10.9 Å². The first-order valence-corrected chi connectivity index (χ1v) is 6.50. The minimum atomic E-state index is -1.05. The van der Waals surface area contributed by atoms with E-state index in [2.05, 4.69) is 15.5 Å². The van der Waals surface area contributed by atoms with Crippen LogP contribution in [0.25, 0.3) is 11.3 Å². The summed E-state index contributed by atoms with van der Waals surface area (Å²) in [5.41, 5.74) is 5.69. The van der Waals surface area contributed by atoms with Crippen LogP contribution in [-0.2, 0) is 4.79 Å². The molecule has 0 amide bonds. The van der Waals surface area contributed by atoms with E-state index in [1.165, 1.54) is 23.8 Å². The Hall–Kier alpha value is -2.21. The van der Waals surface area contributed by atoms with E-state index in [9.17, 15) is 4.79 Å². The summed E-state index contributed by atoms with van der Waals surface area (Å²) in [6, 6.07) is 8.04. The molecule has 2 N–H and O–H groups in total. The Balaban J connectivity index is 2.13. The zero-order valence-corrected chi connectivity index (χ0v) is 11.4. The van der Waals surface area contributed by atoms with Gasteiger partial charge in [-0.2, -0.15) is 5.10 Å². The molecule has 0 spiro atoms. The average Bonchev–Trinajstić information content (AvgIpc) is 2.85. The van der Waals surface area contributed by atoms with Gasteiger partial charge in [0.25, 0.3) is 0 Å². The van der Waals surface area contributed by atoms with Crippen LogP contribution in [0.1, 0.15) is 12.5 Å². The van der Waals surface area contributed by atoms with E-state index >= 15 is 0 Å². The molecule has 2 rings (SSSR count). The number of hydrazone groups is 1. The molecule has 0 aliphatic carbocycles. The first-order valence-electron chi connectivity index (χ1n) is 5.62. The standard InChI is InChI=1S/C13H13N3O2S/c1-8-3-5-10(6-4-8)11-7-19-13(14-11)16-15-9(2)12(17)18/h3-7H,1-2H3,(H,14,16)(H,17,18)/b15-9+. The Labute approximate surface area is 114 Å². The van der Waals surface area contributed by atoms with Crippen molar-refractivity contribution in [3.05, 3.63) is 35.2 Å². The zero-order valence-electron chi connectivity index (χ0n) is 10.5. The summed E-state index contributed by atoms with van der Waals surface area (Å²) in [7, 11) is 0. The van der Waals surface area contributed by atoms with Crippen molar-refractivity contribution in [1.29, 1.82) is 0 Å². The Morgan fingerprint density at radius 3 is 2.68 bits per heavy atom. The van der Waals surface area contributed by atoms with Gasteiger partial charge >= 0.3 is 5.97 Å². The number of rotatable bonds is 4. The Morgan fingerprint density at radius 2 is 2.05 bits per heavy atom. The lowest BCUT2D eigenvalue weighted by molar-refractivity contribution is -0.129. The number of nitrogens with zero attached hydrogens (tertiary/aromatic N) is 2. The number of benzene rings is 1. The minimum absolute atomic E-state index is 0.00733. The van der Waals surface area contributed by atoms with Gasteiger partial charge in [-0.05, 0) is 13.8 Å². The SMILES string of the molecule is C/C(=N\Nc1nc(-c2ccc(C)cc2)cs1)C(=O)O. The summed E-state index contributed by atoms with van der Waals surface area (Å²) >= 11 is 1.38. The fourth-order valence-electron chi connectivity index (χ4n) is 1.36. The van der Waals surface area contributed by atoms with E-state index in [1.807, 2.05) is 36.6 Å². The molecule has 2 aromatic rings. The van der Waals surface area contributed by atoms with Crippen molar-refractivity contribution in [1.82, 2.24) is 4.98 Å². The number of carboxylic acid groups (broad SMARTS) is 1. The van der Waals surface area contributed by atoms with Crippen LogP contribution in [0.3, 0.4) is 0 Å². The van der Waals surface area contributed by atoms with Crippen molar-refractivity contribution in [2.45, 2.75) is 13.8 Å². The first-order chi connectivity index (χ1) is 9.06. The van der Waals surface area contributed by atoms with Gasteiger partial charge in [0.15, 0.2) is 0 Å². The van der Waals surface area contributed by atoms with Crippen LogP contribution in [0, 0.1) is 6.92 Å². The number of hydrogen-bond acceptors (Lipinski definition) is 5. The van der Waals surface area contributed by atoms with Crippen molar-refractivity contribution in [2.75, 3.05) is 5.43 Å². The summed E-state index contributed by atoms with van der Waals surface area (Å²) in [6.45, 7) is 3.45. The maximum atomic E-state index is 10.6. The monoisotopic (exact) mass is 275 g/mol. The lowest BCUT2D eigenvalue weighted by Gasteiger charge is -1.97. The van der Waals surface area contributed by atoms with Crippen LogP contribution in [0.2, 0.25) is 0 Å². The van der Waals surface area contributed by atoms with Crippen molar-refractivity contribution in [2.24, 2.45) is 5.10 Å². The summed E-state index contributed by atoms with van der Waals surface area (Å²) in [5.74, 6) is -1.05. The number of aryl methyl sites for hydroxylation is 1. The first kappa shape index (κ1) is 13.2. The molecule has 0 aliphatic rings. The van der Waals surface area contributed by atoms with Crippen LogP contribution in [0.4, 0.5) is 5.13 Å². The lowest BCUT2D eigenvalue weighted by Crippen LogP contribution is -2.10. The van der Waals surface area contributed by atoms with Gasteiger partial charge < -0.3 is 5.11 Å². The second kappa shape index (κ2) is 5.62. The quantitative estimate of drug-likeness (QED) is 0.664. The molecule has 1 heterocycles. The molecule has 98 valence electrons. The Kier molecular flexibility index (Phi) is 3.91. The number of aliphatic carboxylic acids is 1. The van der Waals surface area contributed by atoms with Crippen LogP contribution in [-0.4, -0.2) is 21.8 Å². The third-order valence-electron chi connectivity index (χ3n) is 2.48. The second-order valence-electron chi connectivity index (χ2n) is 4.02. The van der Waals surface area contributed by atoms with E-state index < -0.39 is 5.97 Å². The molecule has 0 radical (unpaired) electrons. The number of nitrogens with one attached hydrogen (secondary N) is 1. The molecule has 0 bridgehead atoms. The van der Waals surface area contributed by atoms with Crippen molar-refractivity contribution in [3.8, 4) is 11.3 Å². The summed E-state index contributed by atoms with van der Waals surface area (Å²) in [6.07, 6.45) is 0. The highest BCUT2D eigenvalue weighted by Crippen LogP contribution is 2.25. The van der Waals surface area contributed by atoms with Crippen molar-refractivity contribution < 1.29 is 9.90 Å². The van der Waals surface area contributed by atoms with Crippen LogP contribution in [0.5, 0.6) is 0 Å². The van der Waals surface area contributed by atoms with E-state index in [-0.39, 0.29) is 5.71 Å². The third-order valence-corrected chi connectivity index (χ3v) is 3.23. The molecular formula is C13H13N3O2S. The molecule has 0 atom stereocenters. The Bertz CT molecular complexity index is 617. The van der Waals surface area contributed by atoms with Gasteiger partial charge in [0.05, 0.1) is 5.69 Å².